The lowest BCUT2D eigenvalue weighted by Gasteiger charge is -2.28. The lowest BCUT2D eigenvalue weighted by molar-refractivity contribution is -0.146. The standard InChI is InChI=1S/C33H46O8/c1-3-31(34)39-25-11-7-5-9-23-37-28-16-13-27(14-17-28)15-22-33(36)41-30-20-18-29(19-21-30)38-24-10-6-8-12-26-40-32(35)4-2/h3-4,13-17,22,29-30H,1-2,5-12,18-21,23-26H2/t29-,30-. The van der Waals surface area contributed by atoms with Gasteiger partial charge in [-0.3, -0.25) is 0 Å². The molecule has 41 heavy (non-hydrogen) atoms. The van der Waals surface area contributed by atoms with E-state index in [1.54, 1.807) is 6.08 Å². The maximum absolute atomic E-state index is 12.3. The molecular formula is C33H46O8. The molecule has 0 N–H and O–H groups in total. The normalized spacial score (nSPS) is 16.6. The Balaban J connectivity index is 1.50. The van der Waals surface area contributed by atoms with Crippen molar-refractivity contribution in [3.63, 3.8) is 0 Å². The summed E-state index contributed by atoms with van der Waals surface area (Å²) >= 11 is 0. The van der Waals surface area contributed by atoms with E-state index in [1.807, 2.05) is 24.3 Å². The van der Waals surface area contributed by atoms with E-state index >= 15 is 0 Å². The molecule has 0 bridgehead atoms. The molecule has 0 aromatic heterocycles. The first-order valence-electron chi connectivity index (χ1n) is 14.8. The van der Waals surface area contributed by atoms with Crippen molar-refractivity contribution >= 4 is 24.0 Å². The van der Waals surface area contributed by atoms with Gasteiger partial charge < -0.3 is 23.7 Å². The van der Waals surface area contributed by atoms with Gasteiger partial charge in [0.15, 0.2) is 0 Å². The molecule has 2 rings (SSSR count). The van der Waals surface area contributed by atoms with Crippen LogP contribution in [0.25, 0.3) is 6.08 Å². The first-order chi connectivity index (χ1) is 20.0. The van der Waals surface area contributed by atoms with Crippen LogP contribution in [0.2, 0.25) is 0 Å². The molecule has 0 unspecified atom stereocenters. The molecule has 1 aromatic rings. The average molecular weight is 571 g/mol. The summed E-state index contributed by atoms with van der Waals surface area (Å²) in [5, 5.41) is 0. The summed E-state index contributed by atoms with van der Waals surface area (Å²) in [6.45, 7) is 8.95. The highest BCUT2D eigenvalue weighted by atomic mass is 16.5. The SMILES string of the molecule is C=CC(=O)OCCCCCCOc1ccc(C=CC(=O)O[C@H]2CC[C@H](OCCCCCCOC(=O)C=C)CC2)cc1. The van der Waals surface area contributed by atoms with Gasteiger partial charge in [0.25, 0.3) is 0 Å². The topological polar surface area (TPSA) is 97.4 Å². The van der Waals surface area contributed by atoms with E-state index in [0.717, 1.165) is 95.0 Å². The highest BCUT2D eigenvalue weighted by Gasteiger charge is 2.23. The minimum Gasteiger partial charge on any atom is -0.494 e. The molecule has 8 nitrogen and oxygen atoms in total. The number of esters is 3. The monoisotopic (exact) mass is 570 g/mol. The van der Waals surface area contributed by atoms with Gasteiger partial charge >= 0.3 is 17.9 Å². The molecule has 0 spiro atoms. The number of hydrogen-bond acceptors (Lipinski definition) is 8. The largest absolute Gasteiger partial charge is 0.494 e. The van der Waals surface area contributed by atoms with E-state index in [-0.39, 0.29) is 30.1 Å². The van der Waals surface area contributed by atoms with Crippen LogP contribution in [0.1, 0.15) is 82.6 Å². The first kappa shape index (κ1) is 33.8. The third-order valence-electron chi connectivity index (χ3n) is 6.72. The molecular weight excluding hydrogens is 524 g/mol. The fraction of sp³-hybridized carbons (Fsp3) is 0.545. The van der Waals surface area contributed by atoms with Gasteiger partial charge in [-0.25, -0.2) is 14.4 Å². The molecule has 226 valence electrons. The fourth-order valence-electron chi connectivity index (χ4n) is 4.38. The van der Waals surface area contributed by atoms with Crippen LogP contribution >= 0.6 is 0 Å². The van der Waals surface area contributed by atoms with E-state index in [2.05, 4.69) is 13.2 Å². The minimum atomic E-state index is -0.379. The number of ether oxygens (including phenoxy) is 5. The smallest absolute Gasteiger partial charge is 0.331 e. The van der Waals surface area contributed by atoms with Gasteiger partial charge in [-0.05, 0) is 94.4 Å². The van der Waals surface area contributed by atoms with Crippen LogP contribution in [0.4, 0.5) is 0 Å². The van der Waals surface area contributed by atoms with Crippen molar-refractivity contribution in [2.75, 3.05) is 26.4 Å². The second kappa shape index (κ2) is 21.4. The molecule has 1 aliphatic rings. The zero-order chi connectivity index (χ0) is 29.5. The average Bonchev–Trinajstić information content (AvgIpc) is 2.99. The van der Waals surface area contributed by atoms with Crippen LogP contribution < -0.4 is 4.74 Å². The number of benzene rings is 1. The van der Waals surface area contributed by atoms with E-state index in [0.29, 0.717) is 19.8 Å². The van der Waals surface area contributed by atoms with Gasteiger partial charge in [-0.1, -0.05) is 31.7 Å². The van der Waals surface area contributed by atoms with E-state index in [1.165, 1.54) is 18.2 Å². The highest BCUT2D eigenvalue weighted by Crippen LogP contribution is 2.24. The van der Waals surface area contributed by atoms with Crippen LogP contribution in [0.5, 0.6) is 5.75 Å². The molecule has 0 radical (unpaired) electrons. The van der Waals surface area contributed by atoms with Crippen molar-refractivity contribution in [3.8, 4) is 5.75 Å². The summed E-state index contributed by atoms with van der Waals surface area (Å²) in [6, 6.07) is 7.60. The molecule has 1 saturated carbocycles. The molecule has 1 aliphatic carbocycles. The molecule has 8 heteroatoms. The number of unbranched alkanes of at least 4 members (excludes halogenated alkanes) is 6. The number of rotatable bonds is 21. The second-order valence-corrected chi connectivity index (χ2v) is 10.0. The highest BCUT2D eigenvalue weighted by molar-refractivity contribution is 5.87. The van der Waals surface area contributed by atoms with Crippen molar-refractivity contribution in [2.24, 2.45) is 0 Å². The number of carbonyl (C=O) groups is 3. The van der Waals surface area contributed by atoms with E-state index < -0.39 is 0 Å². The van der Waals surface area contributed by atoms with Crippen molar-refractivity contribution < 1.29 is 38.1 Å². The molecule has 0 heterocycles. The Morgan fingerprint density at radius 2 is 1.17 bits per heavy atom. The van der Waals surface area contributed by atoms with Crippen LogP contribution in [-0.2, 0) is 33.3 Å². The summed E-state index contributed by atoms with van der Waals surface area (Å²) < 4.78 is 27.3. The lowest BCUT2D eigenvalue weighted by Crippen LogP contribution is -2.28. The molecule has 0 amide bonds. The third kappa shape index (κ3) is 16.5. The van der Waals surface area contributed by atoms with Gasteiger partial charge in [0, 0.05) is 24.8 Å². The predicted octanol–water partition coefficient (Wildman–Crippen LogP) is 6.53. The minimum absolute atomic E-state index is 0.0665. The van der Waals surface area contributed by atoms with Crippen molar-refractivity contribution in [2.45, 2.75) is 89.3 Å². The Morgan fingerprint density at radius 3 is 1.73 bits per heavy atom. The predicted molar refractivity (Wildman–Crippen MR) is 158 cm³/mol. The molecule has 0 atom stereocenters. The number of carbonyl (C=O) groups excluding carboxylic acids is 3. The Labute approximate surface area is 244 Å². The summed E-state index contributed by atoms with van der Waals surface area (Å²) in [6.07, 6.45) is 16.8. The van der Waals surface area contributed by atoms with Crippen LogP contribution in [0, 0.1) is 0 Å². The second-order valence-electron chi connectivity index (χ2n) is 10.0. The number of hydrogen-bond donors (Lipinski definition) is 0. The van der Waals surface area contributed by atoms with Crippen molar-refractivity contribution in [1.82, 2.24) is 0 Å². The summed E-state index contributed by atoms with van der Waals surface area (Å²) in [7, 11) is 0. The maximum Gasteiger partial charge on any atom is 0.331 e. The maximum atomic E-state index is 12.3. The summed E-state index contributed by atoms with van der Waals surface area (Å²) in [5.41, 5.74) is 0.901. The molecule has 0 aliphatic heterocycles. The Bertz CT molecular complexity index is 944. The lowest BCUT2D eigenvalue weighted by atomic mass is 9.95. The van der Waals surface area contributed by atoms with E-state index in [4.69, 9.17) is 23.7 Å². The summed E-state index contributed by atoms with van der Waals surface area (Å²) in [4.78, 5) is 34.2. The van der Waals surface area contributed by atoms with Gasteiger partial charge in [0.2, 0.25) is 0 Å². The zero-order valence-electron chi connectivity index (χ0n) is 24.3. The fourth-order valence-corrected chi connectivity index (χ4v) is 4.38. The van der Waals surface area contributed by atoms with Crippen LogP contribution in [0.3, 0.4) is 0 Å². The Morgan fingerprint density at radius 1 is 0.659 bits per heavy atom. The molecule has 1 aromatic carbocycles. The van der Waals surface area contributed by atoms with Gasteiger partial charge in [0.05, 0.1) is 25.9 Å². The van der Waals surface area contributed by atoms with Crippen LogP contribution in [0.15, 0.2) is 55.7 Å². The van der Waals surface area contributed by atoms with E-state index in [9.17, 15) is 14.4 Å². The molecule has 1 fully saturated rings. The Kier molecular flexibility index (Phi) is 17.6. The van der Waals surface area contributed by atoms with Gasteiger partial charge in [-0.2, -0.15) is 0 Å². The first-order valence-corrected chi connectivity index (χ1v) is 14.8. The van der Waals surface area contributed by atoms with Crippen LogP contribution in [-0.4, -0.2) is 56.5 Å². The zero-order valence-corrected chi connectivity index (χ0v) is 24.3. The van der Waals surface area contributed by atoms with Gasteiger partial charge in [0.1, 0.15) is 11.9 Å². The third-order valence-corrected chi connectivity index (χ3v) is 6.72. The molecule has 0 saturated heterocycles. The van der Waals surface area contributed by atoms with Crippen molar-refractivity contribution in [1.29, 1.82) is 0 Å². The van der Waals surface area contributed by atoms with Crippen molar-refractivity contribution in [3.05, 3.63) is 61.2 Å². The van der Waals surface area contributed by atoms with Gasteiger partial charge in [-0.15, -0.1) is 0 Å². The summed E-state index contributed by atoms with van der Waals surface area (Å²) in [5.74, 6) is -0.288. The Hall–Kier alpha value is -3.39. The quantitative estimate of drug-likeness (QED) is 0.0712.